The summed E-state index contributed by atoms with van der Waals surface area (Å²) >= 11 is 0. The van der Waals surface area contributed by atoms with E-state index in [1.165, 1.54) is 6.92 Å². The minimum atomic E-state index is -0.366. The summed E-state index contributed by atoms with van der Waals surface area (Å²) in [5.41, 5.74) is 7.08. The average Bonchev–Trinajstić information content (AvgIpc) is 2.46. The minimum Gasteiger partial charge on any atom is -0.399 e. The Labute approximate surface area is 118 Å². The predicted octanol–water partition coefficient (Wildman–Crippen LogP) is 0.0519. The van der Waals surface area contributed by atoms with Crippen molar-refractivity contribution in [2.45, 2.75) is 13.0 Å². The van der Waals surface area contributed by atoms with Crippen LogP contribution in [0.4, 0.5) is 11.4 Å². The lowest BCUT2D eigenvalue weighted by Gasteiger charge is -2.34. The van der Waals surface area contributed by atoms with E-state index >= 15 is 0 Å². The molecule has 0 radical (unpaired) electrons. The number of hydrogen-bond donors (Lipinski definition) is 2. The smallest absolute Gasteiger partial charge is 0.245 e. The van der Waals surface area contributed by atoms with Gasteiger partial charge in [-0.1, -0.05) is 0 Å². The second kappa shape index (κ2) is 5.92. The molecule has 3 N–H and O–H groups in total. The first-order valence-corrected chi connectivity index (χ1v) is 6.61. The van der Waals surface area contributed by atoms with E-state index in [0.29, 0.717) is 25.3 Å². The summed E-state index contributed by atoms with van der Waals surface area (Å²) in [4.78, 5) is 27.1. The van der Waals surface area contributed by atoms with Crippen molar-refractivity contribution in [3.63, 3.8) is 0 Å². The van der Waals surface area contributed by atoms with Crippen molar-refractivity contribution in [2.75, 3.05) is 37.3 Å². The molecule has 6 nitrogen and oxygen atoms in total. The van der Waals surface area contributed by atoms with Crippen LogP contribution in [0, 0.1) is 0 Å². The van der Waals surface area contributed by atoms with E-state index < -0.39 is 0 Å². The molecule has 1 aromatic carbocycles. The van der Waals surface area contributed by atoms with Gasteiger partial charge < -0.3 is 20.9 Å². The van der Waals surface area contributed by atoms with Crippen molar-refractivity contribution in [2.24, 2.45) is 0 Å². The van der Waals surface area contributed by atoms with Gasteiger partial charge in [-0.15, -0.1) is 0 Å². The number of piperazine rings is 1. The summed E-state index contributed by atoms with van der Waals surface area (Å²) < 4.78 is 0. The number of nitrogens with two attached hydrogens (primary N) is 1. The van der Waals surface area contributed by atoms with Gasteiger partial charge in [0.05, 0.1) is 0 Å². The standard InChI is InChI=1S/C14H20N4O2/c1-10(19)18-8-7-16-13(9-18)14(20)17(2)12-5-3-11(15)4-6-12/h3-6,13,16H,7-9,15H2,1-2H3. The number of likely N-dealkylation sites (N-methyl/N-ethyl adjacent to an activating group) is 1. The molecule has 0 saturated carbocycles. The molecule has 6 heteroatoms. The summed E-state index contributed by atoms with van der Waals surface area (Å²) in [5.74, 6) is -0.0554. The number of hydrogen-bond acceptors (Lipinski definition) is 4. The maximum Gasteiger partial charge on any atom is 0.245 e. The van der Waals surface area contributed by atoms with Gasteiger partial charge >= 0.3 is 0 Å². The minimum absolute atomic E-state index is 0.000521. The third-order valence-corrected chi connectivity index (χ3v) is 3.53. The number of nitrogen functional groups attached to an aromatic ring is 1. The van der Waals surface area contributed by atoms with Crippen molar-refractivity contribution in [3.8, 4) is 0 Å². The second-order valence-corrected chi connectivity index (χ2v) is 4.96. The molecule has 1 aromatic rings. The van der Waals surface area contributed by atoms with Gasteiger partial charge in [0.1, 0.15) is 6.04 Å². The van der Waals surface area contributed by atoms with Crippen LogP contribution in [-0.2, 0) is 9.59 Å². The summed E-state index contributed by atoms with van der Waals surface area (Å²) in [6.45, 7) is 3.21. The summed E-state index contributed by atoms with van der Waals surface area (Å²) in [6.07, 6.45) is 0. The molecular weight excluding hydrogens is 256 g/mol. The quantitative estimate of drug-likeness (QED) is 0.748. The fourth-order valence-corrected chi connectivity index (χ4v) is 2.26. The number of anilines is 2. The molecule has 108 valence electrons. The second-order valence-electron chi connectivity index (χ2n) is 4.96. The van der Waals surface area contributed by atoms with Gasteiger partial charge in [0, 0.05) is 45.0 Å². The zero-order valence-electron chi connectivity index (χ0n) is 11.8. The first-order chi connectivity index (χ1) is 9.49. The largest absolute Gasteiger partial charge is 0.399 e. The molecule has 1 unspecified atom stereocenters. The van der Waals surface area contributed by atoms with E-state index in [1.807, 2.05) is 0 Å². The maximum atomic E-state index is 12.4. The van der Waals surface area contributed by atoms with Crippen LogP contribution in [0.5, 0.6) is 0 Å². The van der Waals surface area contributed by atoms with Crippen molar-refractivity contribution in [1.82, 2.24) is 10.2 Å². The van der Waals surface area contributed by atoms with Gasteiger partial charge in [0.2, 0.25) is 11.8 Å². The molecule has 1 aliphatic rings. The molecule has 2 amide bonds. The Morgan fingerprint density at radius 2 is 2.00 bits per heavy atom. The maximum absolute atomic E-state index is 12.4. The molecule has 2 rings (SSSR count). The van der Waals surface area contributed by atoms with Crippen LogP contribution >= 0.6 is 0 Å². The monoisotopic (exact) mass is 276 g/mol. The summed E-state index contributed by atoms with van der Waals surface area (Å²) in [5, 5.41) is 3.16. The highest BCUT2D eigenvalue weighted by atomic mass is 16.2. The highest BCUT2D eigenvalue weighted by Gasteiger charge is 2.29. The molecular formula is C14H20N4O2. The molecule has 0 spiro atoms. The van der Waals surface area contributed by atoms with Crippen molar-refractivity contribution < 1.29 is 9.59 Å². The van der Waals surface area contributed by atoms with Crippen LogP contribution < -0.4 is 16.0 Å². The van der Waals surface area contributed by atoms with E-state index in [9.17, 15) is 9.59 Å². The van der Waals surface area contributed by atoms with Crippen LogP contribution in [0.3, 0.4) is 0 Å². The molecule has 1 atom stereocenters. The topological polar surface area (TPSA) is 78.7 Å². The fourth-order valence-electron chi connectivity index (χ4n) is 2.26. The van der Waals surface area contributed by atoms with Crippen LogP contribution in [0.1, 0.15) is 6.92 Å². The number of carbonyl (C=O) groups is 2. The first kappa shape index (κ1) is 14.3. The number of amides is 2. The molecule has 0 aromatic heterocycles. The molecule has 20 heavy (non-hydrogen) atoms. The highest BCUT2D eigenvalue weighted by Crippen LogP contribution is 2.16. The van der Waals surface area contributed by atoms with Gasteiger partial charge in [-0.2, -0.15) is 0 Å². The van der Waals surface area contributed by atoms with Crippen LogP contribution in [0.25, 0.3) is 0 Å². The zero-order valence-corrected chi connectivity index (χ0v) is 11.8. The number of benzene rings is 1. The Balaban J connectivity index is 2.06. The predicted molar refractivity (Wildman–Crippen MR) is 78.3 cm³/mol. The lowest BCUT2D eigenvalue weighted by Crippen LogP contribution is -2.58. The van der Waals surface area contributed by atoms with Crippen LogP contribution in [0.15, 0.2) is 24.3 Å². The third kappa shape index (κ3) is 3.08. The molecule has 1 aliphatic heterocycles. The summed E-state index contributed by atoms with van der Waals surface area (Å²) in [7, 11) is 1.72. The van der Waals surface area contributed by atoms with Crippen LogP contribution in [-0.4, -0.2) is 49.4 Å². The van der Waals surface area contributed by atoms with Gasteiger partial charge in [-0.25, -0.2) is 0 Å². The molecule has 1 fully saturated rings. The Kier molecular flexibility index (Phi) is 4.24. The Morgan fingerprint density at radius 3 is 2.60 bits per heavy atom. The summed E-state index contributed by atoms with van der Waals surface area (Å²) in [6, 6.07) is 6.76. The normalized spacial score (nSPS) is 18.7. The highest BCUT2D eigenvalue weighted by molar-refractivity contribution is 5.97. The van der Waals surface area contributed by atoms with Gasteiger partial charge in [0.15, 0.2) is 0 Å². The molecule has 1 saturated heterocycles. The van der Waals surface area contributed by atoms with E-state index in [-0.39, 0.29) is 17.9 Å². The van der Waals surface area contributed by atoms with Gasteiger partial charge in [0.25, 0.3) is 0 Å². The molecule has 1 heterocycles. The first-order valence-electron chi connectivity index (χ1n) is 6.61. The van der Waals surface area contributed by atoms with Gasteiger partial charge in [-0.05, 0) is 24.3 Å². The van der Waals surface area contributed by atoms with E-state index in [0.717, 1.165) is 5.69 Å². The third-order valence-electron chi connectivity index (χ3n) is 3.53. The zero-order chi connectivity index (χ0) is 14.7. The fraction of sp³-hybridized carbons (Fsp3) is 0.429. The number of nitrogens with zero attached hydrogens (tertiary/aromatic N) is 2. The van der Waals surface area contributed by atoms with Gasteiger partial charge in [-0.3, -0.25) is 9.59 Å². The lowest BCUT2D eigenvalue weighted by molar-refractivity contribution is -0.131. The molecule has 0 bridgehead atoms. The number of rotatable bonds is 2. The van der Waals surface area contributed by atoms with E-state index in [4.69, 9.17) is 5.73 Å². The number of nitrogens with one attached hydrogen (secondary N) is 1. The Bertz CT molecular complexity index is 500. The van der Waals surface area contributed by atoms with E-state index in [1.54, 1.807) is 41.1 Å². The lowest BCUT2D eigenvalue weighted by atomic mass is 10.1. The van der Waals surface area contributed by atoms with E-state index in [2.05, 4.69) is 5.32 Å². The molecule has 0 aliphatic carbocycles. The SMILES string of the molecule is CC(=O)N1CCNC(C(=O)N(C)c2ccc(N)cc2)C1. The van der Waals surface area contributed by atoms with Crippen LogP contribution in [0.2, 0.25) is 0 Å². The number of carbonyl (C=O) groups excluding carboxylic acids is 2. The average molecular weight is 276 g/mol. The van der Waals surface area contributed by atoms with Crippen molar-refractivity contribution in [1.29, 1.82) is 0 Å². The Hall–Kier alpha value is -2.08. The van der Waals surface area contributed by atoms with Crippen molar-refractivity contribution in [3.05, 3.63) is 24.3 Å². The Morgan fingerprint density at radius 1 is 1.35 bits per heavy atom. The van der Waals surface area contributed by atoms with Crippen molar-refractivity contribution >= 4 is 23.2 Å².